The monoisotopic (exact) mass is 447 g/mol. The van der Waals surface area contributed by atoms with Crippen LogP contribution in [0.2, 0.25) is 0 Å². The number of anilines is 1. The Morgan fingerprint density at radius 1 is 1.00 bits per heavy atom. The Morgan fingerprint density at radius 2 is 1.75 bits per heavy atom. The van der Waals surface area contributed by atoms with E-state index in [-0.39, 0.29) is 11.9 Å². The van der Waals surface area contributed by atoms with Crippen molar-refractivity contribution in [2.24, 2.45) is 0 Å². The van der Waals surface area contributed by atoms with Crippen LogP contribution in [-0.2, 0) is 4.74 Å². The van der Waals surface area contributed by atoms with Gasteiger partial charge in [0.05, 0.1) is 24.3 Å². The molecule has 2 aromatic carbocycles. The van der Waals surface area contributed by atoms with Crippen LogP contribution in [0.1, 0.15) is 60.2 Å². The summed E-state index contributed by atoms with van der Waals surface area (Å²) in [4.78, 5) is 24.5. The lowest BCUT2D eigenvalue weighted by Gasteiger charge is -2.12. The summed E-state index contributed by atoms with van der Waals surface area (Å²) in [5.41, 5.74) is 1.49. The van der Waals surface area contributed by atoms with E-state index in [0.29, 0.717) is 35.8 Å². The second-order valence-electron chi connectivity index (χ2n) is 6.30. The molecule has 0 saturated carbocycles. The van der Waals surface area contributed by atoms with Crippen LogP contribution in [0.25, 0.3) is 0 Å². The zero-order valence-electron chi connectivity index (χ0n) is 16.3. The van der Waals surface area contributed by atoms with Gasteiger partial charge in [-0.05, 0) is 55.8 Å². The molecule has 0 spiro atoms. The number of hydrogen-bond acceptors (Lipinski definition) is 4. The molecule has 1 amide bonds. The number of rotatable bonds is 10. The van der Waals surface area contributed by atoms with Crippen molar-refractivity contribution in [2.45, 2.75) is 39.5 Å². The lowest BCUT2D eigenvalue weighted by Crippen LogP contribution is -2.14. The second kappa shape index (κ2) is 11.5. The second-order valence-corrected chi connectivity index (χ2v) is 7.22. The van der Waals surface area contributed by atoms with Gasteiger partial charge in [0.25, 0.3) is 5.91 Å². The van der Waals surface area contributed by atoms with Gasteiger partial charge in [0.2, 0.25) is 0 Å². The van der Waals surface area contributed by atoms with Crippen molar-refractivity contribution >= 4 is 33.5 Å². The van der Waals surface area contributed by atoms with Gasteiger partial charge in [-0.2, -0.15) is 0 Å². The third kappa shape index (κ3) is 6.68. The number of amides is 1. The topological polar surface area (TPSA) is 64.6 Å². The van der Waals surface area contributed by atoms with E-state index >= 15 is 0 Å². The van der Waals surface area contributed by atoms with Crippen molar-refractivity contribution in [1.29, 1.82) is 0 Å². The molecule has 0 fully saturated rings. The normalized spacial score (nSPS) is 10.4. The van der Waals surface area contributed by atoms with Crippen molar-refractivity contribution < 1.29 is 19.1 Å². The average molecular weight is 448 g/mol. The molecular formula is C22H26BrNO4. The number of hydrogen-bond donors (Lipinski definition) is 1. The summed E-state index contributed by atoms with van der Waals surface area (Å²) in [5.74, 6) is -0.0970. The van der Waals surface area contributed by atoms with Gasteiger partial charge in [-0.3, -0.25) is 4.79 Å². The number of carbonyl (C=O) groups excluding carboxylic acids is 2. The number of halogens is 1. The summed E-state index contributed by atoms with van der Waals surface area (Å²) in [6.07, 6.45) is 4.42. The van der Waals surface area contributed by atoms with Crippen molar-refractivity contribution in [3.05, 3.63) is 58.1 Å². The van der Waals surface area contributed by atoms with Gasteiger partial charge in [-0.1, -0.05) is 42.1 Å². The van der Waals surface area contributed by atoms with E-state index in [1.807, 2.05) is 6.07 Å². The lowest BCUT2D eigenvalue weighted by atomic mass is 10.1. The molecule has 0 unspecified atom stereocenters. The van der Waals surface area contributed by atoms with Gasteiger partial charge in [-0.15, -0.1) is 0 Å². The number of carbonyl (C=O) groups is 2. The minimum Gasteiger partial charge on any atom is -0.493 e. The Morgan fingerprint density at radius 3 is 2.43 bits per heavy atom. The quantitative estimate of drug-likeness (QED) is 0.367. The highest BCUT2D eigenvalue weighted by Crippen LogP contribution is 2.25. The first-order chi connectivity index (χ1) is 13.5. The molecule has 2 aromatic rings. The Balaban J connectivity index is 2.04. The fraction of sp³-hybridized carbons (Fsp3) is 0.364. The number of esters is 1. The van der Waals surface area contributed by atoms with Gasteiger partial charge in [0, 0.05) is 10.2 Å². The number of unbranched alkanes of at least 4 members (excludes halogenated alkanes) is 3. The minimum atomic E-state index is -0.383. The fourth-order valence-corrected chi connectivity index (χ4v) is 2.98. The Labute approximate surface area is 174 Å². The summed E-state index contributed by atoms with van der Waals surface area (Å²) in [6.45, 7) is 4.82. The highest BCUT2D eigenvalue weighted by Gasteiger charge is 2.14. The molecule has 0 aliphatic heterocycles. The van der Waals surface area contributed by atoms with E-state index in [1.54, 1.807) is 43.3 Å². The van der Waals surface area contributed by atoms with Crippen LogP contribution in [0, 0.1) is 0 Å². The van der Waals surface area contributed by atoms with Crippen LogP contribution < -0.4 is 10.1 Å². The molecule has 0 atom stereocenters. The molecule has 5 nitrogen and oxygen atoms in total. The van der Waals surface area contributed by atoms with Crippen molar-refractivity contribution in [3.8, 4) is 5.75 Å². The standard InChI is InChI=1S/C22H26BrNO4/c1-3-5-6-7-14-28-20-13-10-17(23)15-19(20)21(25)24-18-11-8-16(9-12-18)22(26)27-4-2/h8-13,15H,3-7,14H2,1-2H3,(H,24,25). The maximum absolute atomic E-state index is 12.7. The molecule has 0 aromatic heterocycles. The van der Waals surface area contributed by atoms with Gasteiger partial charge in [0.15, 0.2) is 0 Å². The average Bonchev–Trinajstić information content (AvgIpc) is 2.69. The highest BCUT2D eigenvalue weighted by molar-refractivity contribution is 9.10. The first kappa shape index (κ1) is 22.0. The largest absolute Gasteiger partial charge is 0.493 e. The van der Waals surface area contributed by atoms with Crippen molar-refractivity contribution in [3.63, 3.8) is 0 Å². The maximum atomic E-state index is 12.7. The third-order valence-corrected chi connectivity index (χ3v) is 4.59. The van der Waals surface area contributed by atoms with Crippen LogP contribution in [0.15, 0.2) is 46.9 Å². The first-order valence-electron chi connectivity index (χ1n) is 9.56. The van der Waals surface area contributed by atoms with Crippen LogP contribution >= 0.6 is 15.9 Å². The zero-order valence-corrected chi connectivity index (χ0v) is 17.9. The summed E-state index contributed by atoms with van der Waals surface area (Å²) in [6, 6.07) is 12.0. The Kier molecular flexibility index (Phi) is 9.01. The summed E-state index contributed by atoms with van der Waals surface area (Å²) >= 11 is 3.41. The molecule has 0 aliphatic carbocycles. The van der Waals surface area contributed by atoms with Crippen molar-refractivity contribution in [1.82, 2.24) is 0 Å². The maximum Gasteiger partial charge on any atom is 0.338 e. The van der Waals surface area contributed by atoms with Crippen LogP contribution in [0.3, 0.4) is 0 Å². The molecular weight excluding hydrogens is 422 g/mol. The fourth-order valence-electron chi connectivity index (χ4n) is 2.62. The molecule has 0 aliphatic rings. The van der Waals surface area contributed by atoms with Crippen molar-refractivity contribution in [2.75, 3.05) is 18.5 Å². The smallest absolute Gasteiger partial charge is 0.338 e. The molecule has 0 saturated heterocycles. The molecule has 0 radical (unpaired) electrons. The molecule has 0 heterocycles. The summed E-state index contributed by atoms with van der Waals surface area (Å²) < 4.78 is 11.6. The van der Waals surface area contributed by atoms with E-state index in [4.69, 9.17) is 9.47 Å². The predicted molar refractivity (Wildman–Crippen MR) is 114 cm³/mol. The number of ether oxygens (including phenoxy) is 2. The van der Waals surface area contributed by atoms with E-state index in [2.05, 4.69) is 28.2 Å². The van der Waals surface area contributed by atoms with Gasteiger partial charge in [0.1, 0.15) is 5.75 Å². The molecule has 1 N–H and O–H groups in total. The van der Waals surface area contributed by atoms with Gasteiger partial charge in [-0.25, -0.2) is 4.79 Å². The van der Waals surface area contributed by atoms with Gasteiger partial charge < -0.3 is 14.8 Å². The summed E-state index contributed by atoms with van der Waals surface area (Å²) in [7, 11) is 0. The molecule has 0 bridgehead atoms. The lowest BCUT2D eigenvalue weighted by molar-refractivity contribution is 0.0526. The first-order valence-corrected chi connectivity index (χ1v) is 10.3. The van der Waals surface area contributed by atoms with Crippen LogP contribution in [0.5, 0.6) is 5.75 Å². The molecule has 6 heteroatoms. The molecule has 150 valence electrons. The summed E-state index contributed by atoms with van der Waals surface area (Å²) in [5, 5.41) is 2.84. The SMILES string of the molecule is CCCCCCOc1ccc(Br)cc1C(=O)Nc1ccc(C(=O)OCC)cc1. The van der Waals surface area contributed by atoms with Gasteiger partial charge >= 0.3 is 5.97 Å². The zero-order chi connectivity index (χ0) is 20.4. The van der Waals surface area contributed by atoms with E-state index in [0.717, 1.165) is 17.3 Å². The van der Waals surface area contributed by atoms with E-state index in [1.165, 1.54) is 12.8 Å². The molecule has 28 heavy (non-hydrogen) atoms. The Bertz CT molecular complexity index is 790. The van der Waals surface area contributed by atoms with Crippen LogP contribution in [-0.4, -0.2) is 25.1 Å². The highest BCUT2D eigenvalue weighted by atomic mass is 79.9. The minimum absolute atomic E-state index is 0.270. The number of benzene rings is 2. The third-order valence-electron chi connectivity index (χ3n) is 4.10. The van der Waals surface area contributed by atoms with Crippen LogP contribution in [0.4, 0.5) is 5.69 Å². The Hall–Kier alpha value is -2.34. The number of nitrogens with one attached hydrogen (secondary N) is 1. The van der Waals surface area contributed by atoms with E-state index < -0.39 is 0 Å². The predicted octanol–water partition coefficient (Wildman–Crippen LogP) is 5.84. The van der Waals surface area contributed by atoms with E-state index in [9.17, 15) is 9.59 Å². The molecule has 2 rings (SSSR count).